The van der Waals surface area contributed by atoms with Gasteiger partial charge in [-0.2, -0.15) is 18.3 Å². The second-order valence-electron chi connectivity index (χ2n) is 3.89. The van der Waals surface area contributed by atoms with E-state index in [2.05, 4.69) is 15.1 Å². The maximum atomic E-state index is 13.3. The van der Waals surface area contributed by atoms with Crippen molar-refractivity contribution >= 4 is 11.7 Å². The lowest BCUT2D eigenvalue weighted by molar-refractivity contribution is -0.200. The van der Waals surface area contributed by atoms with Crippen LogP contribution in [-0.2, 0) is 9.53 Å². The summed E-state index contributed by atoms with van der Waals surface area (Å²) in [4.78, 5) is 11.7. The van der Waals surface area contributed by atoms with Gasteiger partial charge in [0.25, 0.3) is 5.54 Å². The highest BCUT2D eigenvalue weighted by Gasteiger charge is 2.68. The average Bonchev–Trinajstić information content (AvgIpc) is 2.84. The summed E-state index contributed by atoms with van der Waals surface area (Å²) in [5, 5.41) is 7.35. The Bertz CT molecular complexity index is 504. The molecule has 0 fully saturated rings. The molecule has 1 aromatic rings. The Labute approximate surface area is 106 Å². The van der Waals surface area contributed by atoms with Crippen molar-refractivity contribution < 1.29 is 22.7 Å². The Morgan fingerprint density at radius 3 is 2.53 bits per heavy atom. The van der Waals surface area contributed by atoms with Crippen molar-refractivity contribution in [1.82, 2.24) is 0 Å². The van der Waals surface area contributed by atoms with Crippen LogP contribution in [0, 0.1) is 0 Å². The van der Waals surface area contributed by atoms with Gasteiger partial charge in [-0.25, -0.2) is 9.80 Å². The van der Waals surface area contributed by atoms with Gasteiger partial charge in [0, 0.05) is 0 Å². The van der Waals surface area contributed by atoms with Gasteiger partial charge in [0.05, 0.1) is 12.8 Å². The summed E-state index contributed by atoms with van der Waals surface area (Å²) in [5.41, 5.74) is -2.78. The van der Waals surface area contributed by atoms with E-state index >= 15 is 0 Å². The molecule has 0 radical (unpaired) electrons. The van der Waals surface area contributed by atoms with E-state index in [1.165, 1.54) is 12.1 Å². The van der Waals surface area contributed by atoms with Crippen molar-refractivity contribution in [2.45, 2.75) is 11.7 Å². The first-order valence-electron chi connectivity index (χ1n) is 5.31. The fraction of sp³-hybridized carbons (Fsp3) is 0.364. The molecule has 0 saturated heterocycles. The number of rotatable bonds is 2. The molecular weight excluding hydrogens is 263 g/mol. The van der Waals surface area contributed by atoms with Crippen LogP contribution in [0.3, 0.4) is 0 Å². The number of ether oxygens (including phenoxy) is 1. The van der Waals surface area contributed by atoms with E-state index in [-0.39, 0.29) is 5.69 Å². The number of para-hydroxylation sites is 1. The third-order valence-corrected chi connectivity index (χ3v) is 2.81. The van der Waals surface area contributed by atoms with Crippen molar-refractivity contribution in [3.05, 3.63) is 30.3 Å². The predicted octanol–water partition coefficient (Wildman–Crippen LogP) is 2.35. The summed E-state index contributed by atoms with van der Waals surface area (Å²) in [6, 6.07) is 7.55. The summed E-state index contributed by atoms with van der Waals surface area (Å²) >= 11 is 0. The standard InChI is InChI=1S/C11H10F3N3O2/c1-19-9(18)10(11(12,13)14)7-15-16-17(10)8-5-3-2-4-6-8/h2-6H,7H2,1H3. The lowest BCUT2D eigenvalue weighted by Crippen LogP contribution is -2.63. The van der Waals surface area contributed by atoms with Crippen LogP contribution in [0.2, 0.25) is 0 Å². The monoisotopic (exact) mass is 273 g/mol. The lowest BCUT2D eigenvalue weighted by atomic mass is 9.98. The molecule has 8 heteroatoms. The predicted molar refractivity (Wildman–Crippen MR) is 59.4 cm³/mol. The molecule has 102 valence electrons. The molecule has 0 aromatic heterocycles. The first-order valence-corrected chi connectivity index (χ1v) is 5.31. The average molecular weight is 273 g/mol. The molecule has 1 heterocycles. The number of halogens is 3. The van der Waals surface area contributed by atoms with Gasteiger partial charge >= 0.3 is 12.1 Å². The van der Waals surface area contributed by atoms with Crippen LogP contribution in [0.25, 0.3) is 0 Å². The molecule has 1 aliphatic heterocycles. The van der Waals surface area contributed by atoms with Crippen molar-refractivity contribution in [3.63, 3.8) is 0 Å². The largest absolute Gasteiger partial charge is 0.467 e. The zero-order valence-electron chi connectivity index (χ0n) is 9.89. The van der Waals surface area contributed by atoms with E-state index in [1.807, 2.05) is 0 Å². The maximum Gasteiger partial charge on any atom is 0.426 e. The van der Waals surface area contributed by atoms with Crippen molar-refractivity contribution in [2.75, 3.05) is 18.7 Å². The first-order chi connectivity index (χ1) is 8.93. The van der Waals surface area contributed by atoms with E-state index in [0.29, 0.717) is 5.01 Å². The van der Waals surface area contributed by atoms with Crippen molar-refractivity contribution in [1.29, 1.82) is 0 Å². The number of nitrogens with zero attached hydrogens (tertiary/aromatic N) is 3. The Morgan fingerprint density at radius 2 is 2.00 bits per heavy atom. The Hall–Kier alpha value is -2.12. The molecule has 0 aliphatic carbocycles. The normalized spacial score (nSPS) is 22.6. The van der Waals surface area contributed by atoms with E-state index in [0.717, 1.165) is 7.11 Å². The lowest BCUT2D eigenvalue weighted by Gasteiger charge is -2.34. The number of hydrogen-bond donors (Lipinski definition) is 0. The molecule has 0 spiro atoms. The van der Waals surface area contributed by atoms with Gasteiger partial charge in [0.1, 0.15) is 6.54 Å². The Morgan fingerprint density at radius 1 is 1.37 bits per heavy atom. The van der Waals surface area contributed by atoms with Crippen LogP contribution in [0.5, 0.6) is 0 Å². The maximum absolute atomic E-state index is 13.3. The van der Waals surface area contributed by atoms with Crippen LogP contribution in [0.1, 0.15) is 0 Å². The third kappa shape index (κ3) is 1.92. The Balaban J connectivity index is 2.53. The SMILES string of the molecule is COC(=O)C1(C(F)(F)F)CN=NN1c1ccccc1. The van der Waals surface area contributed by atoms with Crippen molar-refractivity contribution in [2.24, 2.45) is 10.3 Å². The highest BCUT2D eigenvalue weighted by atomic mass is 19.4. The highest BCUT2D eigenvalue weighted by Crippen LogP contribution is 2.42. The molecular formula is C11H10F3N3O2. The van der Waals surface area contributed by atoms with Crippen molar-refractivity contribution in [3.8, 4) is 0 Å². The molecule has 0 N–H and O–H groups in total. The number of esters is 1. The second-order valence-corrected chi connectivity index (χ2v) is 3.89. The van der Waals surface area contributed by atoms with E-state index in [4.69, 9.17) is 0 Å². The number of hydrogen-bond acceptors (Lipinski definition) is 5. The van der Waals surface area contributed by atoms with Crippen LogP contribution in [0.4, 0.5) is 18.9 Å². The first kappa shape index (κ1) is 13.3. The summed E-state index contributed by atoms with van der Waals surface area (Å²) in [6.45, 7) is -0.821. The minimum absolute atomic E-state index is 0.117. The Kier molecular flexibility index (Phi) is 3.17. The van der Waals surface area contributed by atoms with E-state index < -0.39 is 24.2 Å². The molecule has 5 nitrogen and oxygen atoms in total. The number of benzene rings is 1. The molecule has 2 rings (SSSR count). The van der Waals surface area contributed by atoms with Crippen LogP contribution in [-0.4, -0.2) is 31.3 Å². The highest BCUT2D eigenvalue weighted by molar-refractivity contribution is 5.87. The number of carbonyl (C=O) groups excluding carboxylic acids is 1. The zero-order valence-corrected chi connectivity index (χ0v) is 9.89. The molecule has 1 aromatic carbocycles. The third-order valence-electron chi connectivity index (χ3n) is 2.81. The van der Waals surface area contributed by atoms with Gasteiger partial charge in [-0.15, -0.1) is 0 Å². The van der Waals surface area contributed by atoms with Crippen LogP contribution < -0.4 is 5.01 Å². The van der Waals surface area contributed by atoms with Gasteiger partial charge in [0.15, 0.2) is 0 Å². The minimum Gasteiger partial charge on any atom is -0.467 e. The summed E-state index contributed by atoms with van der Waals surface area (Å²) in [6.07, 6.45) is -4.86. The summed E-state index contributed by atoms with van der Waals surface area (Å²) < 4.78 is 44.3. The molecule has 0 saturated carbocycles. The van der Waals surface area contributed by atoms with Gasteiger partial charge in [0.2, 0.25) is 0 Å². The molecule has 0 bridgehead atoms. The van der Waals surface area contributed by atoms with Gasteiger partial charge < -0.3 is 4.74 Å². The van der Waals surface area contributed by atoms with Gasteiger partial charge in [-0.05, 0) is 12.1 Å². The molecule has 0 amide bonds. The fourth-order valence-electron chi connectivity index (χ4n) is 1.83. The van der Waals surface area contributed by atoms with Gasteiger partial charge in [-0.1, -0.05) is 23.4 Å². The fourth-order valence-corrected chi connectivity index (χ4v) is 1.83. The number of alkyl halides is 3. The smallest absolute Gasteiger partial charge is 0.426 e. The number of methoxy groups -OCH3 is 1. The molecule has 19 heavy (non-hydrogen) atoms. The number of anilines is 1. The quantitative estimate of drug-likeness (QED) is 0.777. The van der Waals surface area contributed by atoms with Crippen LogP contribution in [0.15, 0.2) is 40.7 Å². The molecule has 1 atom stereocenters. The second kappa shape index (κ2) is 4.52. The number of carbonyl (C=O) groups is 1. The minimum atomic E-state index is -4.86. The van der Waals surface area contributed by atoms with E-state index in [9.17, 15) is 18.0 Å². The topological polar surface area (TPSA) is 54.3 Å². The molecule has 1 aliphatic rings. The summed E-state index contributed by atoms with van der Waals surface area (Å²) in [5.74, 6) is -1.44. The van der Waals surface area contributed by atoms with Crippen LogP contribution >= 0.6 is 0 Å². The summed E-state index contributed by atoms with van der Waals surface area (Å²) in [7, 11) is 0.900. The molecule has 1 unspecified atom stereocenters. The van der Waals surface area contributed by atoms with Gasteiger partial charge in [-0.3, -0.25) is 0 Å². The van der Waals surface area contributed by atoms with E-state index in [1.54, 1.807) is 18.2 Å². The zero-order chi connectivity index (χ0) is 14.1.